The Balaban J connectivity index is 0.00000167. The predicted octanol–water partition coefficient (Wildman–Crippen LogP) is 3.40. The zero-order chi connectivity index (χ0) is 25.8. The fourth-order valence-electron chi connectivity index (χ4n) is 5.11. The van der Waals surface area contributed by atoms with Crippen molar-refractivity contribution < 1.29 is 9.59 Å². The third-order valence-corrected chi connectivity index (χ3v) is 7.44. The summed E-state index contributed by atoms with van der Waals surface area (Å²) < 4.78 is 3.51. The lowest BCUT2D eigenvalue weighted by molar-refractivity contribution is -0.134. The van der Waals surface area contributed by atoms with Crippen LogP contribution < -0.4 is 11.0 Å². The van der Waals surface area contributed by atoms with Crippen LogP contribution in [0.5, 0.6) is 0 Å². The number of piperidine rings is 2. The Morgan fingerprint density at radius 3 is 2.26 bits per heavy atom. The normalized spacial score (nSPS) is 18.7. The standard InChI is InChI=1S/C25H37N5O3.C2H6/c1-5-26-23(32)18-6-7-20-21(16-18)27(4)24(33)30(20)19-8-12-28(13-9-19)17-22(31)29-14-10-25(2,3)11-15-29;1-2/h6-7,16,19H,5,8-15,17H2,1-4H3,(H,26,32);1-2H3. The number of hydrogen-bond donors (Lipinski definition) is 1. The van der Waals surface area contributed by atoms with E-state index < -0.39 is 0 Å². The van der Waals surface area contributed by atoms with Gasteiger partial charge in [0.05, 0.1) is 17.6 Å². The number of imidazole rings is 1. The fraction of sp³-hybridized carbons (Fsp3) is 0.667. The molecule has 0 radical (unpaired) electrons. The van der Waals surface area contributed by atoms with Crippen LogP contribution in [0.15, 0.2) is 23.0 Å². The molecule has 0 unspecified atom stereocenters. The largest absolute Gasteiger partial charge is 0.352 e. The zero-order valence-corrected chi connectivity index (χ0v) is 22.4. The molecule has 0 bridgehead atoms. The minimum atomic E-state index is -0.130. The van der Waals surface area contributed by atoms with E-state index in [9.17, 15) is 14.4 Å². The maximum Gasteiger partial charge on any atom is 0.329 e. The van der Waals surface area contributed by atoms with Gasteiger partial charge in [0, 0.05) is 51.4 Å². The number of amides is 2. The van der Waals surface area contributed by atoms with E-state index in [1.807, 2.05) is 36.3 Å². The lowest BCUT2D eigenvalue weighted by Crippen LogP contribution is -2.47. The smallest absolute Gasteiger partial charge is 0.329 e. The summed E-state index contributed by atoms with van der Waals surface area (Å²) in [6, 6.07) is 5.57. The van der Waals surface area contributed by atoms with Crippen molar-refractivity contribution in [2.24, 2.45) is 12.5 Å². The van der Waals surface area contributed by atoms with E-state index in [-0.39, 0.29) is 23.5 Å². The van der Waals surface area contributed by atoms with Gasteiger partial charge in [-0.15, -0.1) is 0 Å². The van der Waals surface area contributed by atoms with Gasteiger partial charge >= 0.3 is 5.69 Å². The van der Waals surface area contributed by atoms with Crippen molar-refractivity contribution in [2.45, 2.75) is 66.3 Å². The monoisotopic (exact) mass is 485 g/mol. The van der Waals surface area contributed by atoms with Crippen LogP contribution in [0.2, 0.25) is 0 Å². The average molecular weight is 486 g/mol. The van der Waals surface area contributed by atoms with Crippen molar-refractivity contribution in [3.8, 4) is 0 Å². The third kappa shape index (κ3) is 5.97. The van der Waals surface area contributed by atoms with Gasteiger partial charge in [-0.05, 0) is 56.2 Å². The Bertz CT molecular complexity index is 1080. The first-order chi connectivity index (χ1) is 16.7. The molecule has 0 atom stereocenters. The Kier molecular flexibility index (Phi) is 8.80. The molecule has 0 aliphatic carbocycles. The average Bonchev–Trinajstić information content (AvgIpc) is 3.10. The van der Waals surface area contributed by atoms with E-state index in [4.69, 9.17) is 0 Å². The first-order valence-corrected chi connectivity index (χ1v) is 13.2. The summed E-state index contributed by atoms with van der Waals surface area (Å²) in [6.45, 7) is 14.8. The highest BCUT2D eigenvalue weighted by Crippen LogP contribution is 2.30. The van der Waals surface area contributed by atoms with Crippen molar-refractivity contribution in [1.82, 2.24) is 24.3 Å². The van der Waals surface area contributed by atoms with Crippen LogP contribution in [0.25, 0.3) is 11.0 Å². The lowest BCUT2D eigenvalue weighted by Gasteiger charge is -2.38. The van der Waals surface area contributed by atoms with Crippen LogP contribution in [0.3, 0.4) is 0 Å². The molecule has 2 aliphatic heterocycles. The summed E-state index contributed by atoms with van der Waals surface area (Å²) in [5, 5.41) is 2.81. The molecular formula is C27H43N5O3. The molecule has 8 heteroatoms. The number of benzene rings is 1. The summed E-state index contributed by atoms with van der Waals surface area (Å²) in [5.74, 6) is 0.0963. The Hall–Kier alpha value is -2.61. The molecular weight excluding hydrogens is 442 g/mol. The molecule has 2 saturated heterocycles. The molecule has 0 spiro atoms. The first kappa shape index (κ1) is 27.0. The van der Waals surface area contributed by atoms with Gasteiger partial charge in [-0.1, -0.05) is 27.7 Å². The number of aryl methyl sites for hydroxylation is 1. The summed E-state index contributed by atoms with van der Waals surface area (Å²) in [6.07, 6.45) is 3.79. The predicted molar refractivity (Wildman–Crippen MR) is 141 cm³/mol. The van der Waals surface area contributed by atoms with E-state index in [1.54, 1.807) is 23.7 Å². The molecule has 2 fully saturated rings. The number of carbonyl (C=O) groups excluding carboxylic acids is 2. The van der Waals surface area contributed by atoms with Gasteiger partial charge in [0.15, 0.2) is 0 Å². The maximum absolute atomic E-state index is 13.1. The number of nitrogens with zero attached hydrogens (tertiary/aromatic N) is 4. The highest BCUT2D eigenvalue weighted by atomic mass is 16.2. The van der Waals surface area contributed by atoms with E-state index in [0.717, 1.165) is 62.9 Å². The fourth-order valence-corrected chi connectivity index (χ4v) is 5.11. The third-order valence-electron chi connectivity index (χ3n) is 7.44. The van der Waals surface area contributed by atoms with Crippen LogP contribution in [0.4, 0.5) is 0 Å². The molecule has 2 aromatic rings. The van der Waals surface area contributed by atoms with Crippen molar-refractivity contribution in [3.05, 3.63) is 34.2 Å². The van der Waals surface area contributed by atoms with Gasteiger partial charge in [0.25, 0.3) is 5.91 Å². The lowest BCUT2D eigenvalue weighted by atomic mass is 9.82. The molecule has 2 amide bonds. The number of rotatable bonds is 5. The molecule has 1 aromatic carbocycles. The Labute approximate surface area is 209 Å². The van der Waals surface area contributed by atoms with Gasteiger partial charge in [0.1, 0.15) is 0 Å². The van der Waals surface area contributed by atoms with Crippen LogP contribution in [-0.4, -0.2) is 70.0 Å². The van der Waals surface area contributed by atoms with Crippen molar-refractivity contribution >= 4 is 22.8 Å². The van der Waals surface area contributed by atoms with Crippen LogP contribution in [0, 0.1) is 5.41 Å². The molecule has 1 N–H and O–H groups in total. The van der Waals surface area contributed by atoms with Crippen LogP contribution >= 0.6 is 0 Å². The SMILES string of the molecule is CC.CCNC(=O)c1ccc2c(c1)n(C)c(=O)n2C1CCN(CC(=O)N2CCC(C)(C)CC2)CC1. The number of nitrogens with one attached hydrogen (secondary N) is 1. The van der Waals surface area contributed by atoms with Gasteiger partial charge < -0.3 is 10.2 Å². The van der Waals surface area contributed by atoms with E-state index in [0.29, 0.717) is 24.1 Å². The molecule has 0 saturated carbocycles. The molecule has 4 rings (SSSR count). The summed E-state index contributed by atoms with van der Waals surface area (Å²) in [5.41, 5.74) is 2.48. The second kappa shape index (κ2) is 11.4. The van der Waals surface area contributed by atoms with Crippen molar-refractivity contribution in [1.29, 1.82) is 0 Å². The van der Waals surface area contributed by atoms with Crippen LogP contribution in [-0.2, 0) is 11.8 Å². The second-order valence-corrected chi connectivity index (χ2v) is 10.3. The minimum Gasteiger partial charge on any atom is -0.352 e. The quantitative estimate of drug-likeness (QED) is 0.704. The Morgan fingerprint density at radius 2 is 1.66 bits per heavy atom. The highest BCUT2D eigenvalue weighted by Gasteiger charge is 2.30. The summed E-state index contributed by atoms with van der Waals surface area (Å²) >= 11 is 0. The van der Waals surface area contributed by atoms with Gasteiger partial charge in [-0.2, -0.15) is 0 Å². The molecule has 1 aromatic heterocycles. The highest BCUT2D eigenvalue weighted by molar-refractivity contribution is 5.97. The van der Waals surface area contributed by atoms with Gasteiger partial charge in [0.2, 0.25) is 5.91 Å². The van der Waals surface area contributed by atoms with Gasteiger partial charge in [-0.3, -0.25) is 23.6 Å². The number of hydrogen-bond acceptors (Lipinski definition) is 4. The van der Waals surface area contributed by atoms with Crippen LogP contribution in [0.1, 0.15) is 76.7 Å². The topological polar surface area (TPSA) is 79.6 Å². The summed E-state index contributed by atoms with van der Waals surface area (Å²) in [4.78, 5) is 42.3. The summed E-state index contributed by atoms with van der Waals surface area (Å²) in [7, 11) is 1.76. The number of fused-ring (bicyclic) bond motifs is 1. The van der Waals surface area contributed by atoms with Crippen molar-refractivity contribution in [3.63, 3.8) is 0 Å². The molecule has 35 heavy (non-hydrogen) atoms. The molecule has 3 heterocycles. The second-order valence-electron chi connectivity index (χ2n) is 10.3. The zero-order valence-electron chi connectivity index (χ0n) is 22.4. The molecule has 194 valence electrons. The minimum absolute atomic E-state index is 0.0523. The van der Waals surface area contributed by atoms with Gasteiger partial charge in [-0.25, -0.2) is 4.79 Å². The molecule has 8 nitrogen and oxygen atoms in total. The Morgan fingerprint density at radius 1 is 1.03 bits per heavy atom. The number of carbonyl (C=O) groups is 2. The number of aromatic nitrogens is 2. The van der Waals surface area contributed by atoms with E-state index in [2.05, 4.69) is 24.1 Å². The molecule has 2 aliphatic rings. The maximum atomic E-state index is 13.1. The first-order valence-electron chi connectivity index (χ1n) is 13.2. The van der Waals surface area contributed by atoms with E-state index >= 15 is 0 Å². The number of likely N-dealkylation sites (tertiary alicyclic amines) is 2. The van der Waals surface area contributed by atoms with E-state index in [1.165, 1.54) is 0 Å². The van der Waals surface area contributed by atoms with Crippen molar-refractivity contribution in [2.75, 3.05) is 39.3 Å².